The number of amides is 1. The molecule has 0 saturated carbocycles. The van der Waals surface area contributed by atoms with Crippen molar-refractivity contribution in [1.82, 2.24) is 9.97 Å². The van der Waals surface area contributed by atoms with Crippen molar-refractivity contribution < 1.29 is 19.4 Å². The lowest BCUT2D eigenvalue weighted by Gasteiger charge is -2.18. The number of aromatic hydroxyl groups is 1. The van der Waals surface area contributed by atoms with Crippen LogP contribution in [0.15, 0.2) is 115 Å². The summed E-state index contributed by atoms with van der Waals surface area (Å²) in [5.74, 6) is 0.348. The van der Waals surface area contributed by atoms with Gasteiger partial charge in [0.1, 0.15) is 18.1 Å². The highest BCUT2D eigenvalue weighted by atomic mass is 16.5. The highest BCUT2D eigenvalue weighted by Crippen LogP contribution is 2.46. The molecule has 43 heavy (non-hydrogen) atoms. The van der Waals surface area contributed by atoms with Crippen molar-refractivity contribution in [2.24, 2.45) is 0 Å². The zero-order chi connectivity index (χ0) is 29.3. The number of para-hydroxylation sites is 2. The lowest BCUT2D eigenvalue weighted by atomic mass is 9.90. The maximum Gasteiger partial charge on any atom is 0.291 e. The number of ether oxygens (including phenoxy) is 1. The first-order valence-corrected chi connectivity index (χ1v) is 13.8. The largest absolute Gasteiger partial charge is 0.507 e. The molecule has 0 saturated heterocycles. The van der Waals surface area contributed by atoms with Crippen LogP contribution in [0.3, 0.4) is 0 Å². The average Bonchev–Trinajstić information content (AvgIpc) is 3.49. The fraction of sp³-hybridized carbons (Fsp3) is 0.0278. The summed E-state index contributed by atoms with van der Waals surface area (Å²) in [7, 11) is 0. The predicted octanol–water partition coefficient (Wildman–Crippen LogP) is 7.89. The molecule has 0 aliphatic heterocycles. The molecule has 1 aromatic heterocycles. The van der Waals surface area contributed by atoms with Crippen molar-refractivity contribution in [1.29, 1.82) is 0 Å². The van der Waals surface area contributed by atoms with Crippen LogP contribution in [0, 0.1) is 0 Å². The van der Waals surface area contributed by atoms with Gasteiger partial charge in [0.2, 0.25) is 0 Å². The molecule has 7 aromatic rings. The number of nitrogens with one attached hydrogen (secondary N) is 2. The number of nitrogens with zero attached hydrogens (tertiary/aromatic N) is 1. The number of benzene rings is 6. The lowest BCUT2D eigenvalue weighted by molar-refractivity contribution is 0.101. The van der Waals surface area contributed by atoms with E-state index >= 15 is 0 Å². The van der Waals surface area contributed by atoms with E-state index < -0.39 is 0 Å². The van der Waals surface area contributed by atoms with E-state index in [4.69, 9.17) is 4.74 Å². The number of imidazole rings is 1. The van der Waals surface area contributed by atoms with Gasteiger partial charge in [0, 0.05) is 16.8 Å². The van der Waals surface area contributed by atoms with Crippen molar-refractivity contribution >= 4 is 50.5 Å². The SMILES string of the molecule is O=Cc1cc2ccccc2c(-c2c(OCc3cccc(NC(=O)c4nc5ccccc5[nH]4)c3)ccc3ccccc23)c1O. The number of rotatable bonds is 7. The molecule has 3 N–H and O–H groups in total. The van der Waals surface area contributed by atoms with Crippen LogP contribution in [0.1, 0.15) is 26.5 Å². The summed E-state index contributed by atoms with van der Waals surface area (Å²) in [5.41, 5.74) is 4.39. The number of aromatic nitrogens is 2. The molecule has 7 heteroatoms. The van der Waals surface area contributed by atoms with Crippen LogP contribution in [0.4, 0.5) is 5.69 Å². The zero-order valence-electron chi connectivity index (χ0n) is 22.9. The Morgan fingerprint density at radius 3 is 2.37 bits per heavy atom. The molecule has 1 heterocycles. The number of aromatic amines is 1. The zero-order valence-corrected chi connectivity index (χ0v) is 22.9. The molecule has 0 atom stereocenters. The Balaban J connectivity index is 1.23. The van der Waals surface area contributed by atoms with Crippen LogP contribution in [0.25, 0.3) is 43.7 Å². The highest BCUT2D eigenvalue weighted by molar-refractivity contribution is 6.12. The monoisotopic (exact) mass is 563 g/mol. The number of phenols is 1. The molecule has 0 radical (unpaired) electrons. The van der Waals surface area contributed by atoms with E-state index in [-0.39, 0.29) is 29.7 Å². The normalized spacial score (nSPS) is 11.2. The topological polar surface area (TPSA) is 104 Å². The molecule has 7 rings (SSSR count). The van der Waals surface area contributed by atoms with Gasteiger partial charge in [-0.1, -0.05) is 78.9 Å². The number of carbonyl (C=O) groups excluding carboxylic acids is 2. The minimum atomic E-state index is -0.344. The van der Waals surface area contributed by atoms with Crippen molar-refractivity contribution in [3.63, 3.8) is 0 Å². The van der Waals surface area contributed by atoms with E-state index in [1.54, 1.807) is 12.1 Å². The van der Waals surface area contributed by atoms with Gasteiger partial charge in [-0.05, 0) is 63.5 Å². The smallest absolute Gasteiger partial charge is 0.291 e. The van der Waals surface area contributed by atoms with Gasteiger partial charge in [-0.3, -0.25) is 9.59 Å². The standard InChI is InChI=1S/C36H25N3O4/c40-20-25-19-24-10-2-4-13-28(24)33(34(25)41)32-27-12-3-1-9-23(27)16-17-31(32)43-21-22-8-7-11-26(18-22)37-36(42)35-38-29-14-5-6-15-30(29)39-35/h1-20,41H,21H2,(H,37,42)(H,38,39). The maximum absolute atomic E-state index is 12.9. The van der Waals surface area contributed by atoms with Gasteiger partial charge >= 0.3 is 0 Å². The van der Waals surface area contributed by atoms with Gasteiger partial charge in [0.05, 0.1) is 16.6 Å². The Bertz CT molecular complexity index is 2150. The number of H-pyrrole nitrogens is 1. The second-order valence-electron chi connectivity index (χ2n) is 10.2. The van der Waals surface area contributed by atoms with Crippen LogP contribution in [0.5, 0.6) is 11.5 Å². The molecule has 6 aromatic carbocycles. The third-order valence-electron chi connectivity index (χ3n) is 7.50. The van der Waals surface area contributed by atoms with E-state index in [0.29, 0.717) is 28.8 Å². The minimum absolute atomic E-state index is 0.0924. The molecule has 1 amide bonds. The fourth-order valence-corrected chi connectivity index (χ4v) is 5.48. The first-order valence-electron chi connectivity index (χ1n) is 13.8. The minimum Gasteiger partial charge on any atom is -0.507 e. The summed E-state index contributed by atoms with van der Waals surface area (Å²) < 4.78 is 6.42. The van der Waals surface area contributed by atoms with Crippen molar-refractivity contribution in [2.75, 3.05) is 5.32 Å². The van der Waals surface area contributed by atoms with Crippen molar-refractivity contribution in [2.45, 2.75) is 6.61 Å². The molecular formula is C36H25N3O4. The number of fused-ring (bicyclic) bond motifs is 3. The number of hydrogen-bond acceptors (Lipinski definition) is 5. The highest BCUT2D eigenvalue weighted by Gasteiger charge is 2.21. The summed E-state index contributed by atoms with van der Waals surface area (Å²) >= 11 is 0. The molecular weight excluding hydrogens is 538 g/mol. The predicted molar refractivity (Wildman–Crippen MR) is 169 cm³/mol. The van der Waals surface area contributed by atoms with E-state index in [1.165, 1.54) is 0 Å². The molecule has 208 valence electrons. The van der Waals surface area contributed by atoms with Crippen molar-refractivity contribution in [3.8, 4) is 22.6 Å². The number of carbonyl (C=O) groups is 2. The average molecular weight is 564 g/mol. The Hall–Kier alpha value is -5.95. The second kappa shape index (κ2) is 10.8. The number of phenolic OH excluding ortho intramolecular Hbond substituents is 1. The van der Waals surface area contributed by atoms with E-state index in [2.05, 4.69) is 15.3 Å². The number of hydrogen-bond donors (Lipinski definition) is 3. The molecule has 0 bridgehead atoms. The molecule has 0 aliphatic rings. The van der Waals surface area contributed by atoms with E-state index in [0.717, 1.165) is 38.1 Å². The van der Waals surface area contributed by atoms with Crippen molar-refractivity contribution in [3.05, 3.63) is 132 Å². The molecule has 0 spiro atoms. The molecule has 0 fully saturated rings. The van der Waals surface area contributed by atoms with E-state index in [9.17, 15) is 14.7 Å². The quantitative estimate of drug-likeness (QED) is 0.171. The first kappa shape index (κ1) is 26.0. The summed E-state index contributed by atoms with van der Waals surface area (Å²) in [6, 6.07) is 36.0. The maximum atomic E-state index is 12.9. The Morgan fingerprint density at radius 1 is 0.814 bits per heavy atom. The van der Waals surface area contributed by atoms with Gasteiger partial charge in [-0.2, -0.15) is 0 Å². The van der Waals surface area contributed by atoms with Gasteiger partial charge in [0.15, 0.2) is 12.1 Å². The summed E-state index contributed by atoms with van der Waals surface area (Å²) in [4.78, 5) is 32.3. The van der Waals surface area contributed by atoms with Crippen LogP contribution in [-0.2, 0) is 6.61 Å². The number of anilines is 1. The van der Waals surface area contributed by atoms with Crippen LogP contribution < -0.4 is 10.1 Å². The first-order chi connectivity index (χ1) is 21.1. The van der Waals surface area contributed by atoms with Crippen LogP contribution in [-0.4, -0.2) is 27.3 Å². The summed E-state index contributed by atoms with van der Waals surface area (Å²) in [6.07, 6.45) is 0.669. The molecule has 7 nitrogen and oxygen atoms in total. The second-order valence-corrected chi connectivity index (χ2v) is 10.2. The van der Waals surface area contributed by atoms with Gasteiger partial charge in [-0.25, -0.2) is 4.98 Å². The summed E-state index contributed by atoms with van der Waals surface area (Å²) in [6.45, 7) is 0.200. The third-order valence-corrected chi connectivity index (χ3v) is 7.50. The lowest BCUT2D eigenvalue weighted by Crippen LogP contribution is -2.13. The Kier molecular flexibility index (Phi) is 6.52. The van der Waals surface area contributed by atoms with Gasteiger partial charge < -0.3 is 20.1 Å². The fourth-order valence-electron chi connectivity index (χ4n) is 5.48. The third kappa shape index (κ3) is 4.83. The van der Waals surface area contributed by atoms with Crippen LogP contribution >= 0.6 is 0 Å². The number of aldehydes is 1. The van der Waals surface area contributed by atoms with Gasteiger partial charge in [-0.15, -0.1) is 0 Å². The Morgan fingerprint density at radius 2 is 1.56 bits per heavy atom. The molecule has 0 unspecified atom stereocenters. The van der Waals surface area contributed by atoms with Crippen LogP contribution in [0.2, 0.25) is 0 Å². The van der Waals surface area contributed by atoms with Gasteiger partial charge in [0.25, 0.3) is 5.91 Å². The molecule has 0 aliphatic carbocycles. The summed E-state index contributed by atoms with van der Waals surface area (Å²) in [5, 5.41) is 17.7. The van der Waals surface area contributed by atoms with E-state index in [1.807, 2.05) is 103 Å². The Labute approximate surface area is 246 Å².